The molecule has 1 unspecified atom stereocenters. The number of ketones is 1. The standard InChI is InChI=1S/C12H11Cl2NO/c1-9(16)12(8-15,6-7-13)10-2-4-11(14)5-3-10/h2-5H,6-7H2,1H3. The number of halogens is 2. The fraction of sp³-hybridized carbons (Fsp3) is 0.333. The highest BCUT2D eigenvalue weighted by Crippen LogP contribution is 2.30. The van der Waals surface area contributed by atoms with E-state index in [0.717, 1.165) is 0 Å². The first-order valence-corrected chi connectivity index (χ1v) is 5.72. The number of hydrogen-bond donors (Lipinski definition) is 0. The lowest BCUT2D eigenvalue weighted by molar-refractivity contribution is -0.120. The summed E-state index contributed by atoms with van der Waals surface area (Å²) in [5.41, 5.74) is -0.501. The van der Waals surface area contributed by atoms with Crippen LogP contribution in [-0.4, -0.2) is 11.7 Å². The maximum atomic E-state index is 11.7. The van der Waals surface area contributed by atoms with Gasteiger partial charge in [0.25, 0.3) is 0 Å². The Balaban J connectivity index is 3.26. The molecule has 2 nitrogen and oxygen atoms in total. The average molecular weight is 256 g/mol. The lowest BCUT2D eigenvalue weighted by Crippen LogP contribution is -2.33. The van der Waals surface area contributed by atoms with E-state index in [2.05, 4.69) is 6.07 Å². The molecule has 0 aliphatic carbocycles. The van der Waals surface area contributed by atoms with Gasteiger partial charge in [-0.1, -0.05) is 23.7 Å². The van der Waals surface area contributed by atoms with E-state index in [1.165, 1.54) is 6.92 Å². The molecule has 4 heteroatoms. The molecular weight excluding hydrogens is 245 g/mol. The number of alkyl halides is 1. The van der Waals surface area contributed by atoms with Gasteiger partial charge in [-0.25, -0.2) is 0 Å². The average Bonchev–Trinajstić information content (AvgIpc) is 2.27. The van der Waals surface area contributed by atoms with Crippen LogP contribution in [-0.2, 0) is 10.2 Å². The summed E-state index contributed by atoms with van der Waals surface area (Å²) in [7, 11) is 0. The molecule has 1 aromatic rings. The number of rotatable bonds is 4. The summed E-state index contributed by atoms with van der Waals surface area (Å²) in [5.74, 6) is 0.0634. The van der Waals surface area contributed by atoms with E-state index in [1.54, 1.807) is 24.3 Å². The van der Waals surface area contributed by atoms with E-state index in [1.807, 2.05) is 0 Å². The minimum Gasteiger partial charge on any atom is -0.298 e. The summed E-state index contributed by atoms with van der Waals surface area (Å²) in [6.45, 7) is 1.41. The molecule has 0 fully saturated rings. The first-order valence-electron chi connectivity index (χ1n) is 4.81. The third-order valence-electron chi connectivity index (χ3n) is 2.60. The quantitative estimate of drug-likeness (QED) is 0.775. The molecule has 0 N–H and O–H groups in total. The van der Waals surface area contributed by atoms with Gasteiger partial charge in [-0.05, 0) is 31.0 Å². The molecule has 0 radical (unpaired) electrons. The molecule has 16 heavy (non-hydrogen) atoms. The van der Waals surface area contributed by atoms with Gasteiger partial charge in [0.2, 0.25) is 0 Å². The van der Waals surface area contributed by atoms with E-state index in [0.29, 0.717) is 17.0 Å². The highest BCUT2D eigenvalue weighted by molar-refractivity contribution is 6.30. The minimum atomic E-state index is -1.15. The number of hydrogen-bond acceptors (Lipinski definition) is 2. The highest BCUT2D eigenvalue weighted by Gasteiger charge is 2.36. The van der Waals surface area contributed by atoms with Crippen LogP contribution in [0.4, 0.5) is 0 Å². The molecule has 0 bridgehead atoms. The Bertz CT molecular complexity index is 422. The van der Waals surface area contributed by atoms with Crippen LogP contribution in [0, 0.1) is 11.3 Å². The van der Waals surface area contributed by atoms with Gasteiger partial charge in [-0.3, -0.25) is 4.79 Å². The summed E-state index contributed by atoms with van der Waals surface area (Å²) in [5, 5.41) is 9.81. The van der Waals surface area contributed by atoms with E-state index in [4.69, 9.17) is 23.2 Å². The summed E-state index contributed by atoms with van der Waals surface area (Å²) in [6.07, 6.45) is 0.308. The van der Waals surface area contributed by atoms with Crippen molar-refractivity contribution in [1.29, 1.82) is 5.26 Å². The van der Waals surface area contributed by atoms with E-state index >= 15 is 0 Å². The number of benzene rings is 1. The van der Waals surface area contributed by atoms with Crippen molar-refractivity contribution in [2.45, 2.75) is 18.8 Å². The molecule has 1 aromatic carbocycles. The molecule has 0 heterocycles. The number of carbonyl (C=O) groups is 1. The summed E-state index contributed by atoms with van der Waals surface area (Å²) >= 11 is 11.4. The molecule has 0 aliphatic rings. The van der Waals surface area contributed by atoms with Crippen molar-refractivity contribution in [3.05, 3.63) is 34.9 Å². The van der Waals surface area contributed by atoms with Gasteiger partial charge < -0.3 is 0 Å². The van der Waals surface area contributed by atoms with Gasteiger partial charge in [0.05, 0.1) is 6.07 Å². The third kappa shape index (κ3) is 2.37. The number of nitrogens with zero attached hydrogens (tertiary/aromatic N) is 1. The maximum absolute atomic E-state index is 11.7. The summed E-state index contributed by atoms with van der Waals surface area (Å²) in [4.78, 5) is 11.7. The highest BCUT2D eigenvalue weighted by atomic mass is 35.5. The van der Waals surface area contributed by atoms with E-state index < -0.39 is 5.41 Å². The molecule has 84 valence electrons. The Morgan fingerprint density at radius 1 is 1.44 bits per heavy atom. The molecule has 1 atom stereocenters. The first-order chi connectivity index (χ1) is 7.56. The monoisotopic (exact) mass is 255 g/mol. The van der Waals surface area contributed by atoms with Crippen molar-refractivity contribution < 1.29 is 4.79 Å². The fourth-order valence-electron chi connectivity index (χ4n) is 1.60. The Kier molecular flexibility index (Phi) is 4.35. The van der Waals surface area contributed by atoms with Crippen molar-refractivity contribution in [1.82, 2.24) is 0 Å². The van der Waals surface area contributed by atoms with E-state index in [-0.39, 0.29) is 11.7 Å². The first kappa shape index (κ1) is 13.0. The minimum absolute atomic E-state index is 0.196. The van der Waals surface area contributed by atoms with Gasteiger partial charge in [-0.2, -0.15) is 5.26 Å². The molecule has 1 rings (SSSR count). The van der Waals surface area contributed by atoms with Crippen molar-refractivity contribution in [2.75, 3.05) is 5.88 Å². The van der Waals surface area contributed by atoms with Crippen LogP contribution in [0.2, 0.25) is 5.02 Å². The van der Waals surface area contributed by atoms with Gasteiger partial charge in [-0.15, -0.1) is 11.6 Å². The van der Waals surface area contributed by atoms with Crippen LogP contribution in [0.15, 0.2) is 24.3 Å². The van der Waals surface area contributed by atoms with Crippen LogP contribution >= 0.6 is 23.2 Å². The smallest absolute Gasteiger partial charge is 0.154 e. The largest absolute Gasteiger partial charge is 0.298 e. The number of nitriles is 1. The molecule has 0 saturated carbocycles. The predicted octanol–water partition coefficient (Wildman–Crippen LogP) is 3.32. The third-order valence-corrected chi connectivity index (χ3v) is 3.04. The zero-order chi connectivity index (χ0) is 12.2. The SMILES string of the molecule is CC(=O)C(C#N)(CCCl)c1ccc(Cl)cc1. The van der Waals surface area contributed by atoms with Crippen LogP contribution in [0.1, 0.15) is 18.9 Å². The van der Waals surface area contributed by atoms with Gasteiger partial charge in [0.15, 0.2) is 5.78 Å². The fourth-order valence-corrected chi connectivity index (χ4v) is 2.01. The van der Waals surface area contributed by atoms with Gasteiger partial charge >= 0.3 is 0 Å². The van der Waals surface area contributed by atoms with Crippen LogP contribution < -0.4 is 0 Å². The summed E-state index contributed by atoms with van der Waals surface area (Å²) < 4.78 is 0. The second kappa shape index (κ2) is 5.34. The van der Waals surface area contributed by atoms with Crippen molar-refractivity contribution in [2.24, 2.45) is 0 Å². The Labute approximate surface area is 105 Å². The van der Waals surface area contributed by atoms with E-state index in [9.17, 15) is 10.1 Å². The second-order valence-electron chi connectivity index (χ2n) is 3.52. The molecule has 0 aliphatic heterocycles. The van der Waals surface area contributed by atoms with Crippen LogP contribution in [0.5, 0.6) is 0 Å². The topological polar surface area (TPSA) is 40.9 Å². The molecule has 0 spiro atoms. The Morgan fingerprint density at radius 3 is 2.38 bits per heavy atom. The van der Waals surface area contributed by atoms with Crippen molar-refractivity contribution >= 4 is 29.0 Å². The Morgan fingerprint density at radius 2 is 2.00 bits per heavy atom. The second-order valence-corrected chi connectivity index (χ2v) is 4.33. The van der Waals surface area contributed by atoms with Crippen LogP contribution in [0.3, 0.4) is 0 Å². The lowest BCUT2D eigenvalue weighted by Gasteiger charge is -2.23. The van der Waals surface area contributed by atoms with Crippen molar-refractivity contribution in [3.63, 3.8) is 0 Å². The maximum Gasteiger partial charge on any atom is 0.154 e. The molecular formula is C12H11Cl2NO. The van der Waals surface area contributed by atoms with Crippen LogP contribution in [0.25, 0.3) is 0 Å². The Hall–Kier alpha value is -1.04. The van der Waals surface area contributed by atoms with Gasteiger partial charge in [0.1, 0.15) is 5.41 Å². The summed E-state index contributed by atoms with van der Waals surface area (Å²) in [6, 6.07) is 8.80. The van der Waals surface area contributed by atoms with Gasteiger partial charge in [0, 0.05) is 10.9 Å². The molecule has 0 saturated heterocycles. The zero-order valence-electron chi connectivity index (χ0n) is 8.84. The van der Waals surface area contributed by atoms with Crippen molar-refractivity contribution in [3.8, 4) is 6.07 Å². The number of carbonyl (C=O) groups excluding carboxylic acids is 1. The normalized spacial score (nSPS) is 13.9. The number of Topliss-reactive ketones (excluding diaryl/α,β-unsaturated/α-hetero) is 1. The molecule has 0 aromatic heterocycles. The predicted molar refractivity (Wildman–Crippen MR) is 64.8 cm³/mol. The molecule has 0 amide bonds. The zero-order valence-corrected chi connectivity index (χ0v) is 10.3. The lowest BCUT2D eigenvalue weighted by atomic mass is 9.76.